The van der Waals surface area contributed by atoms with Crippen molar-refractivity contribution in [3.63, 3.8) is 0 Å². The van der Waals surface area contributed by atoms with Gasteiger partial charge in [0.1, 0.15) is 17.5 Å². The Morgan fingerprint density at radius 1 is 1.24 bits per heavy atom. The molecule has 0 unspecified atom stereocenters. The molecule has 1 aromatic heterocycles. The molecule has 4 nitrogen and oxygen atoms in total. The van der Waals surface area contributed by atoms with Gasteiger partial charge in [-0.2, -0.15) is 0 Å². The molecule has 0 saturated heterocycles. The number of fused-ring (bicyclic) bond motifs is 1. The predicted molar refractivity (Wildman–Crippen MR) is 80.7 cm³/mol. The van der Waals surface area contributed by atoms with Crippen LogP contribution in [0.15, 0.2) is 18.2 Å². The van der Waals surface area contributed by atoms with Gasteiger partial charge < -0.3 is 5.43 Å². The van der Waals surface area contributed by atoms with Crippen LogP contribution < -0.4 is 11.3 Å². The molecule has 21 heavy (non-hydrogen) atoms. The number of hydrogen-bond donors (Lipinski definition) is 2. The first-order valence-electron chi connectivity index (χ1n) is 6.96. The van der Waals surface area contributed by atoms with Crippen molar-refractivity contribution in [3.05, 3.63) is 51.7 Å². The highest BCUT2D eigenvalue weighted by Gasteiger charge is 2.17. The normalized spacial score (nSPS) is 13.9. The topological polar surface area (TPSA) is 63.8 Å². The van der Waals surface area contributed by atoms with E-state index in [4.69, 9.17) is 17.4 Å². The maximum absolute atomic E-state index is 13.1. The third kappa shape index (κ3) is 2.99. The molecule has 0 atom stereocenters. The van der Waals surface area contributed by atoms with E-state index >= 15 is 0 Å². The van der Waals surface area contributed by atoms with Crippen molar-refractivity contribution in [1.82, 2.24) is 9.97 Å². The lowest BCUT2D eigenvalue weighted by Crippen LogP contribution is -2.18. The zero-order valence-corrected chi connectivity index (χ0v) is 12.3. The summed E-state index contributed by atoms with van der Waals surface area (Å²) in [7, 11) is 0. The fourth-order valence-electron chi connectivity index (χ4n) is 2.68. The maximum Gasteiger partial charge on any atom is 0.147 e. The van der Waals surface area contributed by atoms with Crippen LogP contribution in [0.2, 0.25) is 5.02 Å². The third-order valence-corrected chi connectivity index (χ3v) is 4.08. The molecule has 1 aliphatic rings. The maximum atomic E-state index is 13.1. The van der Waals surface area contributed by atoms with Crippen LogP contribution in [0.25, 0.3) is 0 Å². The zero-order valence-electron chi connectivity index (χ0n) is 11.5. The molecule has 1 aromatic carbocycles. The van der Waals surface area contributed by atoms with Crippen LogP contribution in [-0.2, 0) is 19.3 Å². The SMILES string of the molecule is NNc1nc(Cc2ccc(F)cc2Cl)nc2c1CCCC2. The van der Waals surface area contributed by atoms with Crippen molar-refractivity contribution in [2.75, 3.05) is 5.43 Å². The van der Waals surface area contributed by atoms with Gasteiger partial charge in [0.15, 0.2) is 0 Å². The lowest BCUT2D eigenvalue weighted by molar-refractivity contribution is 0.627. The summed E-state index contributed by atoms with van der Waals surface area (Å²) in [5.74, 6) is 6.56. The fourth-order valence-corrected chi connectivity index (χ4v) is 2.91. The Labute approximate surface area is 127 Å². The molecular weight excluding hydrogens is 291 g/mol. The fraction of sp³-hybridized carbons (Fsp3) is 0.333. The van der Waals surface area contributed by atoms with E-state index in [0.29, 0.717) is 23.1 Å². The van der Waals surface area contributed by atoms with Crippen molar-refractivity contribution < 1.29 is 4.39 Å². The van der Waals surface area contributed by atoms with Gasteiger partial charge in [0.2, 0.25) is 0 Å². The Morgan fingerprint density at radius 3 is 2.81 bits per heavy atom. The smallest absolute Gasteiger partial charge is 0.147 e. The van der Waals surface area contributed by atoms with Gasteiger partial charge in [-0.05, 0) is 43.4 Å². The lowest BCUT2D eigenvalue weighted by atomic mass is 9.96. The standard InChI is InChI=1S/C15H16ClFN4/c16-12-8-10(17)6-5-9(12)7-14-19-13-4-2-1-3-11(13)15(20-14)21-18/h5-6,8H,1-4,7,18H2,(H,19,20,21). The van der Waals surface area contributed by atoms with E-state index in [-0.39, 0.29) is 5.82 Å². The van der Waals surface area contributed by atoms with E-state index in [2.05, 4.69) is 15.4 Å². The number of aryl methyl sites for hydroxylation is 1. The number of aromatic nitrogens is 2. The van der Waals surface area contributed by atoms with Gasteiger partial charge in [-0.3, -0.25) is 0 Å². The van der Waals surface area contributed by atoms with Crippen LogP contribution in [0.5, 0.6) is 0 Å². The number of halogens is 2. The molecule has 1 aliphatic carbocycles. The van der Waals surface area contributed by atoms with Crippen LogP contribution in [0.3, 0.4) is 0 Å². The van der Waals surface area contributed by atoms with Gasteiger partial charge in [-0.1, -0.05) is 17.7 Å². The minimum atomic E-state index is -0.348. The first-order valence-corrected chi connectivity index (χ1v) is 7.34. The summed E-state index contributed by atoms with van der Waals surface area (Å²) in [6.07, 6.45) is 4.61. The highest BCUT2D eigenvalue weighted by Crippen LogP contribution is 2.26. The van der Waals surface area contributed by atoms with Crippen molar-refractivity contribution >= 4 is 17.4 Å². The third-order valence-electron chi connectivity index (χ3n) is 3.73. The van der Waals surface area contributed by atoms with E-state index in [1.807, 2.05) is 0 Å². The van der Waals surface area contributed by atoms with Crippen molar-refractivity contribution in [1.29, 1.82) is 0 Å². The summed E-state index contributed by atoms with van der Waals surface area (Å²) in [6, 6.07) is 4.36. The predicted octanol–water partition coefficient (Wildman–Crippen LogP) is 3.02. The molecule has 0 fully saturated rings. The summed E-state index contributed by atoms with van der Waals surface area (Å²) >= 11 is 6.06. The molecule has 2 aromatic rings. The van der Waals surface area contributed by atoms with E-state index in [9.17, 15) is 4.39 Å². The molecule has 0 amide bonds. The average Bonchev–Trinajstić information content (AvgIpc) is 2.49. The number of hydrazine groups is 1. The van der Waals surface area contributed by atoms with Crippen molar-refractivity contribution in [2.24, 2.45) is 5.84 Å². The molecule has 3 rings (SSSR count). The number of nitrogens with zero attached hydrogens (tertiary/aromatic N) is 2. The second-order valence-corrected chi connectivity index (χ2v) is 5.58. The Bertz CT molecular complexity index is 658. The highest BCUT2D eigenvalue weighted by molar-refractivity contribution is 6.31. The molecule has 6 heteroatoms. The first kappa shape index (κ1) is 14.2. The minimum Gasteiger partial charge on any atom is -0.308 e. The van der Waals surface area contributed by atoms with Crippen molar-refractivity contribution in [3.8, 4) is 0 Å². The first-order chi connectivity index (χ1) is 10.2. The Kier molecular flexibility index (Phi) is 4.03. The second kappa shape index (κ2) is 5.95. The Morgan fingerprint density at radius 2 is 2.05 bits per heavy atom. The lowest BCUT2D eigenvalue weighted by Gasteiger charge is -2.18. The van der Waals surface area contributed by atoms with Crippen LogP contribution in [0.4, 0.5) is 10.2 Å². The summed E-state index contributed by atoms with van der Waals surface area (Å²) in [4.78, 5) is 9.09. The molecule has 0 spiro atoms. The molecule has 1 heterocycles. The van der Waals surface area contributed by atoms with Gasteiger partial charge in [0.05, 0.1) is 0 Å². The molecular formula is C15H16ClFN4. The van der Waals surface area contributed by atoms with Gasteiger partial charge >= 0.3 is 0 Å². The molecule has 0 saturated carbocycles. The number of nitrogens with one attached hydrogen (secondary N) is 1. The second-order valence-electron chi connectivity index (χ2n) is 5.18. The number of hydrogen-bond acceptors (Lipinski definition) is 4. The highest BCUT2D eigenvalue weighted by atomic mass is 35.5. The largest absolute Gasteiger partial charge is 0.308 e. The Hall–Kier alpha value is -1.72. The molecule has 0 bridgehead atoms. The van der Waals surface area contributed by atoms with Crippen LogP contribution in [0, 0.1) is 5.82 Å². The average molecular weight is 307 g/mol. The van der Waals surface area contributed by atoms with Crippen LogP contribution in [-0.4, -0.2) is 9.97 Å². The van der Waals surface area contributed by atoms with Crippen LogP contribution in [0.1, 0.15) is 35.5 Å². The van der Waals surface area contributed by atoms with Crippen LogP contribution >= 0.6 is 11.6 Å². The number of rotatable bonds is 3. The number of anilines is 1. The summed E-state index contributed by atoms with van der Waals surface area (Å²) < 4.78 is 13.1. The Balaban J connectivity index is 1.95. The monoisotopic (exact) mass is 306 g/mol. The zero-order chi connectivity index (χ0) is 14.8. The summed E-state index contributed by atoms with van der Waals surface area (Å²) in [5, 5.41) is 0.388. The molecule has 110 valence electrons. The molecule has 0 aliphatic heterocycles. The van der Waals surface area contributed by atoms with E-state index in [1.165, 1.54) is 12.1 Å². The number of nitrogens with two attached hydrogens (primary N) is 1. The van der Waals surface area contributed by atoms with Gasteiger partial charge in [0.25, 0.3) is 0 Å². The molecule has 0 radical (unpaired) electrons. The van der Waals surface area contributed by atoms with E-state index < -0.39 is 0 Å². The van der Waals surface area contributed by atoms with Gasteiger partial charge in [-0.15, -0.1) is 0 Å². The summed E-state index contributed by atoms with van der Waals surface area (Å²) in [5.41, 5.74) is 5.63. The van der Waals surface area contributed by atoms with Gasteiger partial charge in [0, 0.05) is 22.7 Å². The quantitative estimate of drug-likeness (QED) is 0.676. The minimum absolute atomic E-state index is 0.348. The van der Waals surface area contributed by atoms with Gasteiger partial charge in [-0.25, -0.2) is 20.2 Å². The van der Waals surface area contributed by atoms with E-state index in [0.717, 1.165) is 42.5 Å². The summed E-state index contributed by atoms with van der Waals surface area (Å²) in [6.45, 7) is 0. The van der Waals surface area contributed by atoms with Crippen molar-refractivity contribution in [2.45, 2.75) is 32.1 Å². The molecule has 3 N–H and O–H groups in total. The number of nitrogen functional groups attached to an aromatic ring is 1. The number of benzene rings is 1. The van der Waals surface area contributed by atoms with E-state index in [1.54, 1.807) is 6.07 Å².